The summed E-state index contributed by atoms with van der Waals surface area (Å²) in [5.41, 5.74) is 5.40. The second-order valence-electron chi connectivity index (χ2n) is 4.29. The Hall–Kier alpha value is -2.16. The molecule has 0 aliphatic heterocycles. The quantitative estimate of drug-likeness (QED) is 0.635. The van der Waals surface area contributed by atoms with Crippen LogP contribution in [0.15, 0.2) is 42.9 Å². The van der Waals surface area contributed by atoms with Crippen LogP contribution in [0, 0.1) is 6.92 Å². The first-order chi connectivity index (χ1) is 8.24. The topological polar surface area (TPSA) is 30.7 Å². The minimum Gasteiger partial charge on any atom is -0.318 e. The number of fused-ring (bicyclic) bond motifs is 1. The maximum Gasteiger partial charge on any atom is 0.159 e. The lowest BCUT2D eigenvalue weighted by atomic mass is 10.1. The second-order valence-corrected chi connectivity index (χ2v) is 4.29. The smallest absolute Gasteiger partial charge is 0.159 e. The maximum absolute atomic E-state index is 4.44. The van der Waals surface area contributed by atoms with Crippen molar-refractivity contribution in [2.45, 2.75) is 6.92 Å². The van der Waals surface area contributed by atoms with Gasteiger partial charge in [-0.25, -0.2) is 9.97 Å². The fraction of sp³-hybridized carbons (Fsp3) is 0.143. The minimum atomic E-state index is 0.917. The Kier molecular flexibility index (Phi) is 2.18. The molecule has 0 bridgehead atoms. The summed E-state index contributed by atoms with van der Waals surface area (Å²) in [5.74, 6) is 0. The van der Waals surface area contributed by atoms with Gasteiger partial charge < -0.3 is 4.57 Å². The number of benzene rings is 1. The summed E-state index contributed by atoms with van der Waals surface area (Å²) in [6.07, 6.45) is 3.69. The molecule has 17 heavy (non-hydrogen) atoms. The second kappa shape index (κ2) is 3.70. The Bertz CT molecular complexity index is 666. The molecule has 0 saturated carbocycles. The van der Waals surface area contributed by atoms with E-state index in [4.69, 9.17) is 0 Å². The van der Waals surface area contributed by atoms with Gasteiger partial charge in [-0.15, -0.1) is 0 Å². The van der Waals surface area contributed by atoms with E-state index in [1.165, 1.54) is 11.1 Å². The molecule has 1 aromatic carbocycles. The fourth-order valence-corrected chi connectivity index (χ4v) is 1.92. The first kappa shape index (κ1) is 10.0. The van der Waals surface area contributed by atoms with E-state index in [1.54, 1.807) is 6.33 Å². The van der Waals surface area contributed by atoms with Gasteiger partial charge >= 0.3 is 0 Å². The molecule has 0 amide bonds. The zero-order chi connectivity index (χ0) is 11.8. The molecular weight excluding hydrogens is 210 g/mol. The van der Waals surface area contributed by atoms with E-state index in [9.17, 15) is 0 Å². The molecule has 2 heterocycles. The third kappa shape index (κ3) is 1.69. The number of aryl methyl sites for hydroxylation is 2. The zero-order valence-electron chi connectivity index (χ0n) is 9.88. The summed E-state index contributed by atoms with van der Waals surface area (Å²) in [6.45, 7) is 2.09. The van der Waals surface area contributed by atoms with Crippen LogP contribution in [0.25, 0.3) is 22.3 Å². The van der Waals surface area contributed by atoms with Crippen molar-refractivity contribution in [2.75, 3.05) is 0 Å². The summed E-state index contributed by atoms with van der Waals surface area (Å²) >= 11 is 0. The van der Waals surface area contributed by atoms with E-state index in [2.05, 4.69) is 47.2 Å². The standard InChI is InChI=1S/C14H13N3/c1-10-3-5-11(6-4-10)12-7-13-14(15-8-12)17(2)9-16-13/h3-9H,1-2H3. The predicted octanol–water partition coefficient (Wildman–Crippen LogP) is 2.94. The largest absolute Gasteiger partial charge is 0.318 e. The lowest BCUT2D eigenvalue weighted by Gasteiger charge is -2.02. The molecule has 3 rings (SSSR count). The third-order valence-electron chi connectivity index (χ3n) is 2.94. The van der Waals surface area contributed by atoms with Crippen LogP contribution in [0.1, 0.15) is 5.56 Å². The molecule has 0 unspecified atom stereocenters. The molecule has 3 aromatic rings. The number of hydrogen-bond donors (Lipinski definition) is 0. The molecule has 0 radical (unpaired) electrons. The number of aromatic nitrogens is 3. The number of rotatable bonds is 1. The average Bonchev–Trinajstić information content (AvgIpc) is 2.72. The maximum atomic E-state index is 4.44. The van der Waals surface area contributed by atoms with Crippen molar-refractivity contribution >= 4 is 11.2 Å². The molecule has 2 aromatic heterocycles. The zero-order valence-corrected chi connectivity index (χ0v) is 9.88. The number of imidazole rings is 1. The summed E-state index contributed by atoms with van der Waals surface area (Å²) in [6, 6.07) is 10.5. The summed E-state index contributed by atoms with van der Waals surface area (Å²) in [7, 11) is 1.95. The van der Waals surface area contributed by atoms with Crippen molar-refractivity contribution in [3.05, 3.63) is 48.4 Å². The van der Waals surface area contributed by atoms with E-state index in [0.29, 0.717) is 0 Å². The van der Waals surface area contributed by atoms with E-state index in [-0.39, 0.29) is 0 Å². The van der Waals surface area contributed by atoms with Gasteiger partial charge in [-0.3, -0.25) is 0 Å². The van der Waals surface area contributed by atoms with Crippen LogP contribution in [0.5, 0.6) is 0 Å². The van der Waals surface area contributed by atoms with Crippen LogP contribution in [0.3, 0.4) is 0 Å². The molecule has 0 N–H and O–H groups in total. The lowest BCUT2D eigenvalue weighted by Crippen LogP contribution is -1.88. The monoisotopic (exact) mass is 223 g/mol. The highest BCUT2D eigenvalue weighted by molar-refractivity contribution is 5.78. The number of nitrogens with zero attached hydrogens (tertiary/aromatic N) is 3. The van der Waals surface area contributed by atoms with Gasteiger partial charge in [0.25, 0.3) is 0 Å². The first-order valence-corrected chi connectivity index (χ1v) is 5.58. The van der Waals surface area contributed by atoms with Gasteiger partial charge in [0.2, 0.25) is 0 Å². The van der Waals surface area contributed by atoms with Gasteiger partial charge in [-0.1, -0.05) is 29.8 Å². The molecular formula is C14H13N3. The van der Waals surface area contributed by atoms with Crippen LogP contribution in [0.4, 0.5) is 0 Å². The highest BCUT2D eigenvalue weighted by Gasteiger charge is 2.04. The third-order valence-corrected chi connectivity index (χ3v) is 2.94. The minimum absolute atomic E-state index is 0.917. The van der Waals surface area contributed by atoms with E-state index < -0.39 is 0 Å². The predicted molar refractivity (Wildman–Crippen MR) is 68.7 cm³/mol. The van der Waals surface area contributed by atoms with Crippen molar-refractivity contribution in [1.29, 1.82) is 0 Å². The average molecular weight is 223 g/mol. The van der Waals surface area contributed by atoms with Crippen LogP contribution < -0.4 is 0 Å². The SMILES string of the molecule is Cc1ccc(-c2cnc3c(c2)ncn3C)cc1. The van der Waals surface area contributed by atoms with Crippen LogP contribution in [0.2, 0.25) is 0 Å². The van der Waals surface area contributed by atoms with E-state index in [0.717, 1.165) is 16.7 Å². The molecule has 0 spiro atoms. The van der Waals surface area contributed by atoms with Gasteiger partial charge in [0, 0.05) is 18.8 Å². The van der Waals surface area contributed by atoms with Gasteiger partial charge in [0.15, 0.2) is 5.65 Å². The number of pyridine rings is 1. The van der Waals surface area contributed by atoms with Crippen molar-refractivity contribution < 1.29 is 0 Å². The molecule has 0 aliphatic rings. The van der Waals surface area contributed by atoms with Gasteiger partial charge in [0.05, 0.1) is 6.33 Å². The van der Waals surface area contributed by atoms with E-state index >= 15 is 0 Å². The summed E-state index contributed by atoms with van der Waals surface area (Å²) in [4.78, 5) is 8.76. The van der Waals surface area contributed by atoms with Crippen molar-refractivity contribution in [2.24, 2.45) is 7.05 Å². The summed E-state index contributed by atoms with van der Waals surface area (Å²) < 4.78 is 1.92. The van der Waals surface area contributed by atoms with Gasteiger partial charge in [-0.05, 0) is 18.6 Å². The van der Waals surface area contributed by atoms with Crippen LogP contribution >= 0.6 is 0 Å². The van der Waals surface area contributed by atoms with E-state index in [1.807, 2.05) is 17.8 Å². The molecule has 0 saturated heterocycles. The van der Waals surface area contributed by atoms with Crippen LogP contribution in [-0.2, 0) is 7.05 Å². The molecule has 0 atom stereocenters. The van der Waals surface area contributed by atoms with Crippen LogP contribution in [-0.4, -0.2) is 14.5 Å². The molecule has 0 fully saturated rings. The van der Waals surface area contributed by atoms with Crippen molar-refractivity contribution in [1.82, 2.24) is 14.5 Å². The van der Waals surface area contributed by atoms with Gasteiger partial charge in [0.1, 0.15) is 5.52 Å². The molecule has 0 aliphatic carbocycles. The Balaban J connectivity index is 2.14. The number of hydrogen-bond acceptors (Lipinski definition) is 2. The summed E-state index contributed by atoms with van der Waals surface area (Å²) in [5, 5.41) is 0. The molecule has 3 heteroatoms. The highest BCUT2D eigenvalue weighted by Crippen LogP contribution is 2.21. The Labute approximate surface area is 99.8 Å². The molecule has 84 valence electrons. The lowest BCUT2D eigenvalue weighted by molar-refractivity contribution is 0.931. The molecule has 3 nitrogen and oxygen atoms in total. The first-order valence-electron chi connectivity index (χ1n) is 5.58. The highest BCUT2D eigenvalue weighted by atomic mass is 15.1. The fourth-order valence-electron chi connectivity index (χ4n) is 1.92. The van der Waals surface area contributed by atoms with Crippen molar-refractivity contribution in [3.8, 4) is 11.1 Å². The Morgan fingerprint density at radius 2 is 1.76 bits per heavy atom. The van der Waals surface area contributed by atoms with Gasteiger partial charge in [-0.2, -0.15) is 0 Å². The Morgan fingerprint density at radius 1 is 1.00 bits per heavy atom. The Morgan fingerprint density at radius 3 is 2.53 bits per heavy atom. The van der Waals surface area contributed by atoms with Crippen molar-refractivity contribution in [3.63, 3.8) is 0 Å². The normalized spacial score (nSPS) is 10.9.